The summed E-state index contributed by atoms with van der Waals surface area (Å²) in [5, 5.41) is 12.5. The number of nitrogens with zero attached hydrogens (tertiary/aromatic N) is 1. The summed E-state index contributed by atoms with van der Waals surface area (Å²) in [5.74, 6) is -2.28. The zero-order valence-electron chi connectivity index (χ0n) is 16.1. The Morgan fingerprint density at radius 2 is 1.52 bits per heavy atom. The monoisotopic (exact) mass is 394 g/mol. The molecule has 0 aliphatic carbocycles. The molecule has 3 amide bonds. The first-order valence-corrected chi connectivity index (χ1v) is 9.41. The minimum Gasteiger partial charge on any atom is -0.481 e. The SMILES string of the molecule is CCC(CNC(=O)CCN1C(=O)c2ccccc2C1=O)(C(=O)O)c1ccccc1. The number of carbonyl (C=O) groups is 4. The summed E-state index contributed by atoms with van der Waals surface area (Å²) < 4.78 is 0. The van der Waals surface area contributed by atoms with Gasteiger partial charge in [-0.25, -0.2) is 0 Å². The molecule has 0 bridgehead atoms. The average Bonchev–Trinajstić information content (AvgIpc) is 2.98. The lowest BCUT2D eigenvalue weighted by Crippen LogP contribution is -2.46. The normalized spacial score (nSPS) is 15.0. The van der Waals surface area contributed by atoms with Gasteiger partial charge in [-0.1, -0.05) is 49.4 Å². The number of carboxylic acid groups (broad SMARTS) is 1. The molecule has 0 saturated heterocycles. The second-order valence-corrected chi connectivity index (χ2v) is 6.94. The van der Waals surface area contributed by atoms with Crippen LogP contribution in [0.1, 0.15) is 46.0 Å². The van der Waals surface area contributed by atoms with Gasteiger partial charge < -0.3 is 10.4 Å². The molecule has 7 heteroatoms. The number of amides is 3. The van der Waals surface area contributed by atoms with E-state index in [0.717, 1.165) is 4.90 Å². The Balaban J connectivity index is 1.63. The van der Waals surface area contributed by atoms with E-state index in [-0.39, 0.29) is 19.5 Å². The van der Waals surface area contributed by atoms with Crippen molar-refractivity contribution in [3.05, 3.63) is 71.3 Å². The summed E-state index contributed by atoms with van der Waals surface area (Å²) in [6, 6.07) is 15.3. The van der Waals surface area contributed by atoms with Crippen molar-refractivity contribution in [2.45, 2.75) is 25.2 Å². The number of hydrogen-bond donors (Lipinski definition) is 2. The van der Waals surface area contributed by atoms with E-state index in [1.165, 1.54) is 0 Å². The molecule has 1 heterocycles. The number of benzene rings is 2. The molecule has 7 nitrogen and oxygen atoms in total. The van der Waals surface area contributed by atoms with E-state index in [1.54, 1.807) is 61.5 Å². The van der Waals surface area contributed by atoms with Crippen LogP contribution in [-0.4, -0.2) is 46.8 Å². The van der Waals surface area contributed by atoms with Gasteiger partial charge in [-0.2, -0.15) is 0 Å². The van der Waals surface area contributed by atoms with Crippen LogP contribution in [0.25, 0.3) is 0 Å². The lowest BCUT2D eigenvalue weighted by atomic mass is 9.78. The Kier molecular flexibility index (Phi) is 5.77. The number of nitrogens with one attached hydrogen (secondary N) is 1. The molecule has 2 aromatic rings. The minimum atomic E-state index is -1.24. The molecule has 1 atom stereocenters. The predicted molar refractivity (Wildman–Crippen MR) is 105 cm³/mol. The molecular formula is C22H22N2O5. The molecule has 1 aliphatic rings. The molecule has 0 spiro atoms. The van der Waals surface area contributed by atoms with Gasteiger partial charge in [0.15, 0.2) is 0 Å². The van der Waals surface area contributed by atoms with Crippen molar-refractivity contribution in [1.29, 1.82) is 0 Å². The maximum absolute atomic E-state index is 12.4. The number of fused-ring (bicyclic) bond motifs is 1. The van der Waals surface area contributed by atoms with Gasteiger partial charge in [-0.15, -0.1) is 0 Å². The summed E-state index contributed by atoms with van der Waals surface area (Å²) in [5.41, 5.74) is 0.0262. The molecule has 1 aliphatic heterocycles. The lowest BCUT2D eigenvalue weighted by molar-refractivity contribution is -0.144. The van der Waals surface area contributed by atoms with Crippen molar-refractivity contribution in [1.82, 2.24) is 10.2 Å². The number of carbonyl (C=O) groups excluding carboxylic acids is 3. The van der Waals surface area contributed by atoms with Crippen LogP contribution >= 0.6 is 0 Å². The highest BCUT2D eigenvalue weighted by atomic mass is 16.4. The molecule has 0 fully saturated rings. The van der Waals surface area contributed by atoms with E-state index in [9.17, 15) is 24.3 Å². The summed E-state index contributed by atoms with van der Waals surface area (Å²) >= 11 is 0. The quantitative estimate of drug-likeness (QED) is 0.668. The molecule has 2 N–H and O–H groups in total. The van der Waals surface area contributed by atoms with Gasteiger partial charge in [0, 0.05) is 19.5 Å². The Morgan fingerprint density at radius 3 is 2.03 bits per heavy atom. The molecular weight excluding hydrogens is 372 g/mol. The van der Waals surface area contributed by atoms with E-state index >= 15 is 0 Å². The highest BCUT2D eigenvalue weighted by Crippen LogP contribution is 2.28. The standard InChI is InChI=1S/C22H22N2O5/c1-2-22(21(28)29,15-8-4-3-5-9-15)14-23-18(25)12-13-24-19(26)16-10-6-7-11-17(16)20(24)27/h3-11H,2,12-14H2,1H3,(H,23,25)(H,28,29). The Morgan fingerprint density at radius 1 is 0.966 bits per heavy atom. The van der Waals surface area contributed by atoms with Crippen molar-refractivity contribution in [3.63, 3.8) is 0 Å². The first-order valence-electron chi connectivity index (χ1n) is 9.41. The highest BCUT2D eigenvalue weighted by molar-refractivity contribution is 6.21. The third-order valence-corrected chi connectivity index (χ3v) is 5.37. The minimum absolute atomic E-state index is 0.0598. The summed E-state index contributed by atoms with van der Waals surface area (Å²) in [6.45, 7) is 1.62. The van der Waals surface area contributed by atoms with Crippen LogP contribution in [0.2, 0.25) is 0 Å². The number of imide groups is 1. The van der Waals surface area contributed by atoms with E-state index in [2.05, 4.69) is 5.32 Å². The van der Waals surface area contributed by atoms with Crippen molar-refractivity contribution in [2.24, 2.45) is 0 Å². The van der Waals surface area contributed by atoms with Gasteiger partial charge in [0.25, 0.3) is 11.8 Å². The van der Waals surface area contributed by atoms with Crippen LogP contribution in [0.3, 0.4) is 0 Å². The Hall–Kier alpha value is -3.48. The summed E-state index contributed by atoms with van der Waals surface area (Å²) in [6.07, 6.45) is 0.199. The first-order chi connectivity index (χ1) is 13.9. The van der Waals surface area contributed by atoms with E-state index < -0.39 is 29.1 Å². The molecule has 29 heavy (non-hydrogen) atoms. The average molecular weight is 394 g/mol. The number of aliphatic carboxylic acids is 1. The molecule has 1 unspecified atom stereocenters. The highest BCUT2D eigenvalue weighted by Gasteiger charge is 2.39. The van der Waals surface area contributed by atoms with Crippen LogP contribution in [-0.2, 0) is 15.0 Å². The molecule has 150 valence electrons. The second kappa shape index (κ2) is 8.26. The molecule has 0 radical (unpaired) electrons. The van der Waals surface area contributed by atoms with E-state index in [4.69, 9.17) is 0 Å². The topological polar surface area (TPSA) is 104 Å². The molecule has 2 aromatic carbocycles. The van der Waals surface area contributed by atoms with Gasteiger partial charge in [0.2, 0.25) is 5.91 Å². The fourth-order valence-electron chi connectivity index (χ4n) is 3.53. The summed E-state index contributed by atoms with van der Waals surface area (Å²) in [7, 11) is 0. The fourth-order valence-corrected chi connectivity index (χ4v) is 3.53. The van der Waals surface area contributed by atoms with Gasteiger partial charge >= 0.3 is 5.97 Å². The Bertz CT molecular complexity index is 922. The second-order valence-electron chi connectivity index (χ2n) is 6.94. The van der Waals surface area contributed by atoms with Crippen molar-refractivity contribution >= 4 is 23.7 Å². The van der Waals surface area contributed by atoms with Crippen LogP contribution in [0.5, 0.6) is 0 Å². The molecule has 0 saturated carbocycles. The van der Waals surface area contributed by atoms with Crippen LogP contribution in [0.15, 0.2) is 54.6 Å². The van der Waals surface area contributed by atoms with Crippen molar-refractivity contribution in [2.75, 3.05) is 13.1 Å². The van der Waals surface area contributed by atoms with Crippen LogP contribution in [0, 0.1) is 0 Å². The summed E-state index contributed by atoms with van der Waals surface area (Å²) in [4.78, 5) is 50.1. The van der Waals surface area contributed by atoms with Gasteiger partial charge in [-0.3, -0.25) is 24.1 Å². The fraction of sp³-hybridized carbons (Fsp3) is 0.273. The zero-order valence-corrected chi connectivity index (χ0v) is 16.1. The van der Waals surface area contributed by atoms with E-state index in [1.807, 2.05) is 0 Å². The van der Waals surface area contributed by atoms with Crippen LogP contribution in [0.4, 0.5) is 0 Å². The number of carboxylic acids is 1. The zero-order chi connectivity index (χ0) is 21.0. The smallest absolute Gasteiger partial charge is 0.315 e. The third-order valence-electron chi connectivity index (χ3n) is 5.37. The van der Waals surface area contributed by atoms with Crippen LogP contribution < -0.4 is 5.32 Å². The maximum atomic E-state index is 12.4. The molecule has 0 aromatic heterocycles. The third kappa shape index (κ3) is 3.76. The van der Waals surface area contributed by atoms with E-state index in [0.29, 0.717) is 23.1 Å². The van der Waals surface area contributed by atoms with Gasteiger partial charge in [-0.05, 0) is 24.1 Å². The van der Waals surface area contributed by atoms with Crippen molar-refractivity contribution < 1.29 is 24.3 Å². The predicted octanol–water partition coefficient (Wildman–Crippen LogP) is 2.22. The first kappa shape index (κ1) is 20.3. The van der Waals surface area contributed by atoms with Gasteiger partial charge in [0.1, 0.15) is 5.41 Å². The number of rotatable bonds is 8. The van der Waals surface area contributed by atoms with Crippen molar-refractivity contribution in [3.8, 4) is 0 Å². The maximum Gasteiger partial charge on any atom is 0.315 e. The lowest BCUT2D eigenvalue weighted by Gasteiger charge is -2.29. The largest absolute Gasteiger partial charge is 0.481 e. The Labute approximate surface area is 168 Å². The number of hydrogen-bond acceptors (Lipinski definition) is 4. The van der Waals surface area contributed by atoms with Gasteiger partial charge in [0.05, 0.1) is 11.1 Å². The molecule has 3 rings (SSSR count).